The lowest BCUT2D eigenvalue weighted by molar-refractivity contribution is -0.132. The number of nitrogens with two attached hydrogens (primary N) is 2. The standard InChI is InChI=1S/C22H35IN4O4/c1-12(2)8-17(20(25)28)26-22(30)18(9-13(3)4)27-21(29)16(24)11-14-6-7-19(31-5)15(23)10-14/h6-7,10,12-13,16-18H,8-9,11,24H2,1-5H3,(H2,25,28)(H,26,30)(H,27,29)/t16-,17-,18-/m0/s1. The van der Waals surface area contributed by atoms with Crippen LogP contribution in [0, 0.1) is 15.4 Å². The maximum Gasteiger partial charge on any atom is 0.243 e. The Morgan fingerprint density at radius 3 is 2.03 bits per heavy atom. The maximum absolute atomic E-state index is 12.8. The Balaban J connectivity index is 2.84. The molecule has 174 valence electrons. The second-order valence-electron chi connectivity index (χ2n) is 8.56. The quantitative estimate of drug-likeness (QED) is 0.296. The number of hydrogen-bond acceptors (Lipinski definition) is 5. The topological polar surface area (TPSA) is 137 Å². The molecular formula is C22H35IN4O4. The van der Waals surface area contributed by atoms with E-state index in [9.17, 15) is 14.4 Å². The van der Waals surface area contributed by atoms with Crippen LogP contribution in [0.5, 0.6) is 5.75 Å². The summed E-state index contributed by atoms with van der Waals surface area (Å²) in [6, 6.07) is 3.19. The number of primary amides is 1. The molecule has 1 aromatic carbocycles. The Morgan fingerprint density at radius 2 is 1.55 bits per heavy atom. The number of halogens is 1. The minimum atomic E-state index is -0.825. The summed E-state index contributed by atoms with van der Waals surface area (Å²) in [6.45, 7) is 7.78. The van der Waals surface area contributed by atoms with Crippen LogP contribution in [0.4, 0.5) is 0 Å². The molecule has 6 N–H and O–H groups in total. The van der Waals surface area contributed by atoms with Crippen molar-refractivity contribution < 1.29 is 19.1 Å². The van der Waals surface area contributed by atoms with Gasteiger partial charge in [0.1, 0.15) is 17.8 Å². The molecular weight excluding hydrogens is 511 g/mol. The van der Waals surface area contributed by atoms with Gasteiger partial charge in [-0.15, -0.1) is 0 Å². The first-order valence-electron chi connectivity index (χ1n) is 10.4. The molecule has 3 amide bonds. The van der Waals surface area contributed by atoms with E-state index < -0.39 is 35.8 Å². The van der Waals surface area contributed by atoms with Crippen molar-refractivity contribution in [2.45, 2.75) is 65.1 Å². The van der Waals surface area contributed by atoms with Crippen LogP contribution in [0.2, 0.25) is 0 Å². The highest BCUT2D eigenvalue weighted by atomic mass is 127. The normalized spacial score (nSPS) is 14.1. The molecule has 31 heavy (non-hydrogen) atoms. The molecule has 1 rings (SSSR count). The number of nitrogens with one attached hydrogen (secondary N) is 2. The van der Waals surface area contributed by atoms with Crippen LogP contribution >= 0.6 is 22.6 Å². The highest BCUT2D eigenvalue weighted by molar-refractivity contribution is 14.1. The molecule has 9 heteroatoms. The number of amides is 3. The van der Waals surface area contributed by atoms with Crippen LogP contribution in [0.15, 0.2) is 18.2 Å². The largest absolute Gasteiger partial charge is 0.496 e. The lowest BCUT2D eigenvalue weighted by Crippen LogP contribution is -2.56. The fourth-order valence-corrected chi connectivity index (χ4v) is 3.96. The summed E-state index contributed by atoms with van der Waals surface area (Å²) in [6.07, 6.45) is 1.16. The monoisotopic (exact) mass is 546 g/mol. The third-order valence-electron chi connectivity index (χ3n) is 4.72. The fourth-order valence-electron chi connectivity index (χ4n) is 3.16. The van der Waals surface area contributed by atoms with Crippen LogP contribution in [0.25, 0.3) is 0 Å². The Kier molecular flexibility index (Phi) is 11.3. The lowest BCUT2D eigenvalue weighted by atomic mass is 9.99. The Hall–Kier alpha value is -1.88. The molecule has 0 saturated heterocycles. The highest BCUT2D eigenvalue weighted by Crippen LogP contribution is 2.22. The van der Waals surface area contributed by atoms with Crippen molar-refractivity contribution in [2.75, 3.05) is 7.11 Å². The van der Waals surface area contributed by atoms with E-state index in [0.717, 1.165) is 14.9 Å². The van der Waals surface area contributed by atoms with Gasteiger partial charge in [0.2, 0.25) is 17.7 Å². The summed E-state index contributed by atoms with van der Waals surface area (Å²) < 4.78 is 6.17. The van der Waals surface area contributed by atoms with Gasteiger partial charge in [0.15, 0.2) is 0 Å². The predicted octanol–water partition coefficient (Wildman–Crippen LogP) is 1.72. The first kappa shape index (κ1) is 27.2. The third-order valence-corrected chi connectivity index (χ3v) is 5.56. The smallest absolute Gasteiger partial charge is 0.243 e. The van der Waals surface area contributed by atoms with Crippen molar-refractivity contribution in [3.05, 3.63) is 27.3 Å². The van der Waals surface area contributed by atoms with E-state index in [0.29, 0.717) is 19.3 Å². The van der Waals surface area contributed by atoms with Gasteiger partial charge in [-0.25, -0.2) is 0 Å². The van der Waals surface area contributed by atoms with Crippen molar-refractivity contribution >= 4 is 40.3 Å². The van der Waals surface area contributed by atoms with Gasteiger partial charge in [-0.05, 0) is 71.4 Å². The van der Waals surface area contributed by atoms with Crippen LogP contribution in [0.1, 0.15) is 46.1 Å². The summed E-state index contributed by atoms with van der Waals surface area (Å²) in [5, 5.41) is 5.43. The number of carbonyl (C=O) groups excluding carboxylic acids is 3. The molecule has 0 saturated carbocycles. The number of methoxy groups -OCH3 is 1. The van der Waals surface area contributed by atoms with Gasteiger partial charge in [0.25, 0.3) is 0 Å². The molecule has 0 aliphatic carbocycles. The Morgan fingerprint density at radius 1 is 1.00 bits per heavy atom. The number of carbonyl (C=O) groups is 3. The molecule has 0 heterocycles. The zero-order valence-electron chi connectivity index (χ0n) is 18.9. The number of hydrogen-bond donors (Lipinski definition) is 4. The molecule has 0 unspecified atom stereocenters. The average Bonchev–Trinajstić information content (AvgIpc) is 2.66. The van der Waals surface area contributed by atoms with Gasteiger partial charge in [-0.2, -0.15) is 0 Å². The SMILES string of the molecule is COc1ccc(C[C@H](N)C(=O)N[C@@H](CC(C)C)C(=O)N[C@@H](CC(C)C)C(N)=O)cc1I. The van der Waals surface area contributed by atoms with E-state index in [-0.39, 0.29) is 11.8 Å². The van der Waals surface area contributed by atoms with E-state index >= 15 is 0 Å². The van der Waals surface area contributed by atoms with Crippen molar-refractivity contribution in [3.8, 4) is 5.75 Å². The Labute approximate surface area is 198 Å². The second kappa shape index (κ2) is 12.8. The molecule has 0 aromatic heterocycles. The van der Waals surface area contributed by atoms with Crippen molar-refractivity contribution in [1.82, 2.24) is 10.6 Å². The number of rotatable bonds is 12. The predicted molar refractivity (Wildman–Crippen MR) is 129 cm³/mol. The van der Waals surface area contributed by atoms with Gasteiger partial charge >= 0.3 is 0 Å². The summed E-state index contributed by atoms with van der Waals surface area (Å²) in [4.78, 5) is 37.2. The van der Waals surface area contributed by atoms with E-state index in [4.69, 9.17) is 16.2 Å². The van der Waals surface area contributed by atoms with Gasteiger partial charge < -0.3 is 26.8 Å². The van der Waals surface area contributed by atoms with Crippen molar-refractivity contribution in [1.29, 1.82) is 0 Å². The summed E-state index contributed by atoms with van der Waals surface area (Å²) in [5.41, 5.74) is 12.4. The van der Waals surface area contributed by atoms with E-state index in [1.54, 1.807) is 7.11 Å². The van der Waals surface area contributed by atoms with Crippen LogP contribution in [-0.4, -0.2) is 43.0 Å². The minimum absolute atomic E-state index is 0.146. The second-order valence-corrected chi connectivity index (χ2v) is 9.73. The molecule has 1 aromatic rings. The van der Waals surface area contributed by atoms with Crippen LogP contribution < -0.4 is 26.8 Å². The zero-order valence-corrected chi connectivity index (χ0v) is 21.1. The van der Waals surface area contributed by atoms with Crippen molar-refractivity contribution in [2.24, 2.45) is 23.3 Å². The van der Waals surface area contributed by atoms with Gasteiger partial charge in [0, 0.05) is 0 Å². The molecule has 0 aliphatic rings. The van der Waals surface area contributed by atoms with E-state index in [2.05, 4.69) is 33.2 Å². The molecule has 3 atom stereocenters. The number of ether oxygens (including phenoxy) is 1. The Bertz CT molecular complexity index is 770. The number of benzene rings is 1. The summed E-state index contributed by atoms with van der Waals surface area (Å²) in [7, 11) is 1.60. The average molecular weight is 546 g/mol. The van der Waals surface area contributed by atoms with Gasteiger partial charge in [-0.3, -0.25) is 14.4 Å². The van der Waals surface area contributed by atoms with E-state index in [1.165, 1.54) is 0 Å². The van der Waals surface area contributed by atoms with E-state index in [1.807, 2.05) is 45.9 Å². The first-order valence-corrected chi connectivity index (χ1v) is 11.5. The molecule has 0 bridgehead atoms. The molecule has 0 fully saturated rings. The van der Waals surface area contributed by atoms with Crippen LogP contribution in [-0.2, 0) is 20.8 Å². The third kappa shape index (κ3) is 9.42. The molecule has 0 spiro atoms. The summed E-state index contributed by atoms with van der Waals surface area (Å²) in [5.74, 6) is -0.378. The summed E-state index contributed by atoms with van der Waals surface area (Å²) >= 11 is 2.16. The minimum Gasteiger partial charge on any atom is -0.496 e. The fraction of sp³-hybridized carbons (Fsp3) is 0.591. The highest BCUT2D eigenvalue weighted by Gasteiger charge is 2.28. The van der Waals surface area contributed by atoms with Gasteiger partial charge in [0.05, 0.1) is 16.7 Å². The van der Waals surface area contributed by atoms with Gasteiger partial charge in [-0.1, -0.05) is 33.8 Å². The molecule has 0 radical (unpaired) electrons. The first-order chi connectivity index (χ1) is 14.4. The van der Waals surface area contributed by atoms with Crippen molar-refractivity contribution in [3.63, 3.8) is 0 Å². The lowest BCUT2D eigenvalue weighted by Gasteiger charge is -2.25. The molecule has 8 nitrogen and oxygen atoms in total. The zero-order chi connectivity index (χ0) is 23.7. The maximum atomic E-state index is 12.8. The van der Waals surface area contributed by atoms with Crippen LogP contribution in [0.3, 0.4) is 0 Å². The molecule has 0 aliphatic heterocycles.